The highest BCUT2D eigenvalue weighted by atomic mass is 35.5. The van der Waals surface area contributed by atoms with Gasteiger partial charge in [-0.3, -0.25) is 9.69 Å². The van der Waals surface area contributed by atoms with Crippen LogP contribution in [0, 0.1) is 5.92 Å². The minimum Gasteiger partial charge on any atom is -0.464 e. The number of hydrogen-bond donors (Lipinski definition) is 0. The molecule has 2 aromatic heterocycles. The van der Waals surface area contributed by atoms with Crippen molar-refractivity contribution in [3.05, 3.63) is 35.7 Å². The summed E-state index contributed by atoms with van der Waals surface area (Å²) in [6, 6.07) is 9.46. The summed E-state index contributed by atoms with van der Waals surface area (Å²) < 4.78 is 13.1. The number of rotatable bonds is 11. The number of nitrogens with zero attached hydrogens (tertiary/aromatic N) is 6. The molecule has 0 amide bonds. The van der Waals surface area contributed by atoms with Crippen LogP contribution in [0.25, 0.3) is 22.3 Å². The van der Waals surface area contributed by atoms with Crippen molar-refractivity contribution in [2.75, 3.05) is 50.8 Å². The topological polar surface area (TPSA) is 85.6 Å². The second kappa shape index (κ2) is 12.5. The molecule has 3 aromatic rings. The lowest BCUT2D eigenvalue weighted by molar-refractivity contribution is -0.146. The van der Waals surface area contributed by atoms with Crippen molar-refractivity contribution in [2.24, 2.45) is 5.92 Å². The lowest BCUT2D eigenvalue weighted by Crippen LogP contribution is -2.48. The Morgan fingerprint density at radius 1 is 1.11 bits per heavy atom. The molecule has 0 radical (unpaired) electrons. The molecule has 0 aliphatic carbocycles. The van der Waals surface area contributed by atoms with E-state index in [9.17, 15) is 4.79 Å². The molecule has 0 atom stereocenters. The number of carbonyl (C=O) groups is 1. The van der Waals surface area contributed by atoms with Gasteiger partial charge in [0.25, 0.3) is 0 Å². The van der Waals surface area contributed by atoms with Gasteiger partial charge in [0.1, 0.15) is 23.5 Å². The minimum absolute atomic E-state index is 0.145. The molecular weight excluding hydrogens is 520 g/mol. The highest BCUT2D eigenvalue weighted by Crippen LogP contribution is 2.29. The van der Waals surface area contributed by atoms with Gasteiger partial charge in [-0.05, 0) is 35.7 Å². The summed E-state index contributed by atoms with van der Waals surface area (Å²) in [5.41, 5.74) is 4.37. The number of hydrogen-bond acceptors (Lipinski definition) is 8. The van der Waals surface area contributed by atoms with Crippen molar-refractivity contribution in [1.29, 1.82) is 0 Å². The molecule has 0 saturated carbocycles. The van der Waals surface area contributed by atoms with Crippen molar-refractivity contribution in [1.82, 2.24) is 24.6 Å². The Hall–Kier alpha value is -2.53. The highest BCUT2D eigenvalue weighted by molar-refractivity contribution is 6.76. The Morgan fingerprint density at radius 3 is 2.47 bits per heavy atom. The van der Waals surface area contributed by atoms with Gasteiger partial charge in [0, 0.05) is 52.1 Å². The molecule has 1 aliphatic heterocycles. The van der Waals surface area contributed by atoms with E-state index >= 15 is 0 Å². The van der Waals surface area contributed by atoms with E-state index in [0.29, 0.717) is 37.9 Å². The number of carbonyl (C=O) groups excluding carboxylic acids is 1. The molecule has 1 saturated heterocycles. The standard InChI is InChI=1S/C27H39ClN6O3Si/c1-20(2)18-37-24(35)17-32-10-12-33(13-11-32)22-8-6-21(7-9-22)25-26-23(16-29-27(28)30-26)34(31-25)19-36-14-15-38(3,4)5/h6-9,16,20H,10-15,17-19H2,1-5H3. The number of piperazine rings is 1. The van der Waals surface area contributed by atoms with Crippen molar-refractivity contribution >= 4 is 42.4 Å². The number of anilines is 1. The smallest absolute Gasteiger partial charge is 0.320 e. The Kier molecular flexibility index (Phi) is 9.40. The number of benzene rings is 1. The average Bonchev–Trinajstić information content (AvgIpc) is 3.23. The third kappa shape index (κ3) is 7.75. The summed E-state index contributed by atoms with van der Waals surface area (Å²) in [5, 5.41) is 5.01. The van der Waals surface area contributed by atoms with Gasteiger partial charge < -0.3 is 14.4 Å². The molecule has 1 fully saturated rings. The monoisotopic (exact) mass is 558 g/mol. The van der Waals surface area contributed by atoms with Gasteiger partial charge in [0.05, 0.1) is 19.3 Å². The van der Waals surface area contributed by atoms with Crippen LogP contribution in [0.4, 0.5) is 5.69 Å². The SMILES string of the molecule is CC(C)COC(=O)CN1CCN(c2ccc(-c3nn(COCC[Si](C)(C)C)c4cnc(Cl)nc34)cc2)CC1. The van der Waals surface area contributed by atoms with Crippen molar-refractivity contribution in [3.63, 3.8) is 0 Å². The molecule has 3 heterocycles. The van der Waals surface area contributed by atoms with Crippen LogP contribution in [0.15, 0.2) is 30.5 Å². The van der Waals surface area contributed by atoms with E-state index in [0.717, 1.165) is 54.7 Å². The second-order valence-corrected chi connectivity index (χ2v) is 17.4. The van der Waals surface area contributed by atoms with Gasteiger partial charge in [0.15, 0.2) is 0 Å². The van der Waals surface area contributed by atoms with Crippen molar-refractivity contribution < 1.29 is 14.3 Å². The van der Waals surface area contributed by atoms with Crippen LogP contribution >= 0.6 is 11.6 Å². The normalized spacial score (nSPS) is 15.0. The van der Waals surface area contributed by atoms with Gasteiger partial charge in [-0.25, -0.2) is 14.6 Å². The third-order valence-electron chi connectivity index (χ3n) is 6.48. The first-order valence-electron chi connectivity index (χ1n) is 13.3. The molecule has 4 rings (SSSR count). The maximum Gasteiger partial charge on any atom is 0.320 e. The molecule has 1 aromatic carbocycles. The summed E-state index contributed by atoms with van der Waals surface area (Å²) in [7, 11) is -1.17. The van der Waals surface area contributed by atoms with Gasteiger partial charge in [-0.15, -0.1) is 0 Å². The van der Waals surface area contributed by atoms with E-state index in [4.69, 9.17) is 26.2 Å². The zero-order chi connectivity index (χ0) is 27.3. The van der Waals surface area contributed by atoms with E-state index in [1.807, 2.05) is 18.5 Å². The first-order chi connectivity index (χ1) is 18.1. The van der Waals surface area contributed by atoms with Crippen LogP contribution in [-0.4, -0.2) is 84.6 Å². The molecule has 0 spiro atoms. The van der Waals surface area contributed by atoms with Gasteiger partial charge in [-0.2, -0.15) is 5.10 Å². The Bertz CT molecular complexity index is 1220. The number of aromatic nitrogens is 4. The Morgan fingerprint density at radius 2 is 1.82 bits per heavy atom. The fraction of sp³-hybridized carbons (Fsp3) is 0.556. The Labute approximate surface area is 231 Å². The molecule has 206 valence electrons. The zero-order valence-corrected chi connectivity index (χ0v) is 24.9. The molecule has 11 heteroatoms. The fourth-order valence-electron chi connectivity index (χ4n) is 4.24. The zero-order valence-electron chi connectivity index (χ0n) is 23.1. The first-order valence-corrected chi connectivity index (χ1v) is 17.4. The lowest BCUT2D eigenvalue weighted by Gasteiger charge is -2.35. The van der Waals surface area contributed by atoms with Gasteiger partial charge in [-0.1, -0.05) is 45.6 Å². The summed E-state index contributed by atoms with van der Waals surface area (Å²) in [4.78, 5) is 25.2. The maximum absolute atomic E-state index is 12.1. The number of fused-ring (bicyclic) bond motifs is 1. The summed E-state index contributed by atoms with van der Waals surface area (Å²) >= 11 is 6.14. The molecule has 1 aliphatic rings. The second-order valence-electron chi connectivity index (χ2n) is 11.5. The summed E-state index contributed by atoms with van der Waals surface area (Å²) in [6.45, 7) is 16.3. The molecule has 0 unspecified atom stereocenters. The summed E-state index contributed by atoms with van der Waals surface area (Å²) in [5.74, 6) is 0.205. The molecule has 38 heavy (non-hydrogen) atoms. The molecular formula is C27H39ClN6O3Si. The quantitative estimate of drug-likeness (QED) is 0.144. The van der Waals surface area contributed by atoms with E-state index in [-0.39, 0.29) is 11.3 Å². The van der Waals surface area contributed by atoms with E-state index in [1.54, 1.807) is 6.20 Å². The van der Waals surface area contributed by atoms with E-state index in [1.165, 1.54) is 0 Å². The molecule has 0 bridgehead atoms. The Balaban J connectivity index is 1.40. The number of ether oxygens (including phenoxy) is 2. The van der Waals surface area contributed by atoms with Crippen LogP contribution in [0.3, 0.4) is 0 Å². The van der Waals surface area contributed by atoms with Crippen LogP contribution in [-0.2, 0) is 21.0 Å². The number of esters is 1. The van der Waals surface area contributed by atoms with Crippen LogP contribution < -0.4 is 4.90 Å². The largest absolute Gasteiger partial charge is 0.464 e. The average molecular weight is 559 g/mol. The van der Waals surface area contributed by atoms with Crippen molar-refractivity contribution in [2.45, 2.75) is 46.3 Å². The van der Waals surface area contributed by atoms with Crippen LogP contribution in [0.1, 0.15) is 13.8 Å². The van der Waals surface area contributed by atoms with Crippen LogP contribution in [0.2, 0.25) is 31.0 Å². The summed E-state index contributed by atoms with van der Waals surface area (Å²) in [6.07, 6.45) is 1.70. The van der Waals surface area contributed by atoms with Crippen LogP contribution in [0.5, 0.6) is 0 Å². The fourth-order valence-corrected chi connectivity index (χ4v) is 5.13. The van der Waals surface area contributed by atoms with E-state index in [2.05, 4.69) is 63.7 Å². The molecule has 9 nitrogen and oxygen atoms in total. The first kappa shape index (κ1) is 28.5. The van der Waals surface area contributed by atoms with Gasteiger partial charge >= 0.3 is 5.97 Å². The third-order valence-corrected chi connectivity index (χ3v) is 8.37. The highest BCUT2D eigenvalue weighted by Gasteiger charge is 2.21. The van der Waals surface area contributed by atoms with Crippen molar-refractivity contribution in [3.8, 4) is 11.3 Å². The van der Waals surface area contributed by atoms with E-state index < -0.39 is 8.07 Å². The van der Waals surface area contributed by atoms with Gasteiger partial charge in [0.2, 0.25) is 5.28 Å². The maximum atomic E-state index is 12.1. The minimum atomic E-state index is -1.17. The number of halogens is 1. The molecule has 0 N–H and O–H groups in total. The lowest BCUT2D eigenvalue weighted by atomic mass is 10.1. The predicted octanol–water partition coefficient (Wildman–Crippen LogP) is 4.78. The predicted molar refractivity (Wildman–Crippen MR) is 154 cm³/mol.